The zero-order valence-electron chi connectivity index (χ0n) is 9.96. The molecule has 0 amide bonds. The fourth-order valence-corrected chi connectivity index (χ4v) is 0.982. The van der Waals surface area contributed by atoms with Gasteiger partial charge in [0.1, 0.15) is 6.61 Å². The van der Waals surface area contributed by atoms with Crippen molar-refractivity contribution >= 4 is 20.2 Å². The summed E-state index contributed by atoms with van der Waals surface area (Å²) in [5.41, 5.74) is 0.199. The number of carbonyl (C=O) groups excluding carboxylic acids is 1. The number of hydrogen-bond donors (Lipinski definition) is 5. The van der Waals surface area contributed by atoms with E-state index in [-0.39, 0.29) is 11.1 Å². The zero-order chi connectivity index (χ0) is 15.7. The van der Waals surface area contributed by atoms with E-state index in [1.54, 1.807) is 0 Å². The number of carboxylic acids is 1. The predicted molar refractivity (Wildman–Crippen MR) is 65.3 cm³/mol. The van der Waals surface area contributed by atoms with Gasteiger partial charge in [0.25, 0.3) is 0 Å². The largest absolute Gasteiger partial charge is 0.478 e. The number of ether oxygens (including phenoxy) is 1. The van der Waals surface area contributed by atoms with Crippen LogP contribution in [0, 0.1) is 0 Å². The summed E-state index contributed by atoms with van der Waals surface area (Å²) < 4.78 is 13.2. The van der Waals surface area contributed by atoms with Crippen molar-refractivity contribution in [1.82, 2.24) is 0 Å². The lowest BCUT2D eigenvalue weighted by atomic mass is 10.1. The summed E-state index contributed by atoms with van der Waals surface area (Å²) in [6, 6.07) is 5.09. The minimum absolute atomic E-state index is 0.0544. The quantitative estimate of drug-likeness (QED) is 0.272. The van der Waals surface area contributed by atoms with E-state index in [4.69, 9.17) is 29.7 Å². The summed E-state index contributed by atoms with van der Waals surface area (Å²) in [5.74, 6) is -1.84. The molecule has 10 heteroatoms. The van der Waals surface area contributed by atoms with Gasteiger partial charge in [0, 0.05) is 0 Å². The Hall–Kier alpha value is -1.77. The average molecular weight is 308 g/mol. The number of aliphatic hydroxyl groups is 2. The van der Waals surface area contributed by atoms with Crippen LogP contribution in [0.15, 0.2) is 24.3 Å². The lowest BCUT2D eigenvalue weighted by Gasteiger charge is -2.05. The van der Waals surface area contributed by atoms with E-state index in [9.17, 15) is 9.59 Å². The third kappa shape index (κ3) is 8.35. The number of carbonyl (C=O) groups is 2. The Morgan fingerprint density at radius 1 is 1.10 bits per heavy atom. The van der Waals surface area contributed by atoms with Crippen LogP contribution in [-0.2, 0) is 9.30 Å². The van der Waals surface area contributed by atoms with Crippen molar-refractivity contribution in [2.45, 2.75) is 6.29 Å². The van der Waals surface area contributed by atoms with Crippen molar-refractivity contribution in [3.63, 3.8) is 0 Å². The first-order valence-corrected chi connectivity index (χ1v) is 6.32. The number of aromatic carboxylic acids is 1. The summed E-state index contributed by atoms with van der Waals surface area (Å²) >= 11 is 0. The topological polar surface area (TPSA) is 162 Å². The molecule has 0 aliphatic rings. The molecule has 0 aromatic heterocycles. The number of aliphatic hydroxyl groups excluding tert-OH is 1. The highest BCUT2D eigenvalue weighted by Gasteiger charge is 2.10. The number of benzene rings is 1. The molecule has 1 aromatic rings. The van der Waals surface area contributed by atoms with Gasteiger partial charge >= 0.3 is 20.2 Å². The van der Waals surface area contributed by atoms with E-state index in [2.05, 4.69) is 4.74 Å². The van der Waals surface area contributed by atoms with Crippen molar-refractivity contribution < 1.29 is 44.0 Å². The van der Waals surface area contributed by atoms with Gasteiger partial charge in [-0.2, -0.15) is 0 Å². The van der Waals surface area contributed by atoms with Gasteiger partial charge < -0.3 is 29.8 Å². The van der Waals surface area contributed by atoms with Crippen LogP contribution in [0.2, 0.25) is 0 Å². The van der Waals surface area contributed by atoms with Gasteiger partial charge in [0.05, 0.1) is 11.1 Å². The summed E-state index contributed by atoms with van der Waals surface area (Å²) in [5, 5.41) is 25.5. The minimum atomic E-state index is -3.13. The highest BCUT2D eigenvalue weighted by Crippen LogP contribution is 2.06. The lowest BCUT2D eigenvalue weighted by Crippen LogP contribution is -2.17. The first-order valence-electron chi connectivity index (χ1n) is 5.02. The fourth-order valence-electron chi connectivity index (χ4n) is 0.982. The molecule has 0 aliphatic heterocycles. The second-order valence-corrected chi connectivity index (χ2v) is 3.81. The first kappa shape index (κ1) is 18.2. The van der Waals surface area contributed by atoms with Crippen LogP contribution >= 0.6 is 8.25 Å². The Morgan fingerprint density at radius 2 is 1.50 bits per heavy atom. The van der Waals surface area contributed by atoms with Crippen molar-refractivity contribution in [2.75, 3.05) is 6.61 Å². The van der Waals surface area contributed by atoms with E-state index < -0.39 is 33.1 Å². The first-order chi connectivity index (χ1) is 9.23. The van der Waals surface area contributed by atoms with Crippen molar-refractivity contribution in [3.05, 3.63) is 35.4 Å². The molecule has 0 saturated heterocycles. The number of esters is 1. The molecular weight excluding hydrogens is 295 g/mol. The van der Waals surface area contributed by atoms with Crippen LogP contribution in [-0.4, -0.2) is 49.9 Å². The Bertz CT molecular complexity index is 464. The maximum atomic E-state index is 11.2. The van der Waals surface area contributed by atoms with Crippen LogP contribution in [0.4, 0.5) is 0 Å². The third-order valence-corrected chi connectivity index (χ3v) is 1.73. The number of carboxylic acid groups (broad SMARTS) is 1. The standard InChI is InChI=1S/C10H10O6.H3O3P/c11-8(12)5-16-10(15)7-3-1-6(2-4-7)9(13)14;1-4(2)3/h1-4,8,11-12H,5H2,(H,13,14);4H,(H2,1,2,3). The van der Waals surface area contributed by atoms with Crippen LogP contribution in [0.25, 0.3) is 0 Å². The van der Waals surface area contributed by atoms with E-state index in [0.29, 0.717) is 0 Å². The molecule has 0 atom stereocenters. The maximum absolute atomic E-state index is 11.2. The molecule has 9 nitrogen and oxygen atoms in total. The fraction of sp³-hybridized carbons (Fsp3) is 0.200. The summed E-state index contributed by atoms with van der Waals surface area (Å²) in [6.45, 7) is -0.528. The van der Waals surface area contributed by atoms with Crippen LogP contribution < -0.4 is 0 Å². The molecule has 112 valence electrons. The molecule has 0 saturated carbocycles. The molecule has 0 heterocycles. The molecular formula is C10H13O9P. The molecule has 1 rings (SSSR count). The van der Waals surface area contributed by atoms with Crippen molar-refractivity contribution in [3.8, 4) is 0 Å². The Balaban J connectivity index is 0.000000796. The van der Waals surface area contributed by atoms with Gasteiger partial charge in [0.2, 0.25) is 0 Å². The highest BCUT2D eigenvalue weighted by molar-refractivity contribution is 7.30. The third-order valence-electron chi connectivity index (χ3n) is 1.73. The van der Waals surface area contributed by atoms with Gasteiger partial charge in [0.15, 0.2) is 6.29 Å². The van der Waals surface area contributed by atoms with E-state index in [0.717, 1.165) is 0 Å². The second kappa shape index (κ2) is 9.18. The molecule has 0 unspecified atom stereocenters. The average Bonchev–Trinajstić information content (AvgIpc) is 2.35. The molecule has 5 N–H and O–H groups in total. The smallest absolute Gasteiger partial charge is 0.338 e. The predicted octanol–water partition coefficient (Wildman–Crippen LogP) is -0.787. The lowest BCUT2D eigenvalue weighted by molar-refractivity contribution is -0.0812. The molecule has 20 heavy (non-hydrogen) atoms. The van der Waals surface area contributed by atoms with Gasteiger partial charge in [-0.1, -0.05) is 0 Å². The molecule has 0 aliphatic carbocycles. The van der Waals surface area contributed by atoms with E-state index >= 15 is 0 Å². The highest BCUT2D eigenvalue weighted by atomic mass is 31.1. The molecule has 0 fully saturated rings. The summed E-state index contributed by atoms with van der Waals surface area (Å²) in [7, 11) is -3.13. The van der Waals surface area contributed by atoms with Crippen LogP contribution in [0.1, 0.15) is 20.7 Å². The van der Waals surface area contributed by atoms with E-state index in [1.807, 2.05) is 0 Å². The van der Waals surface area contributed by atoms with Gasteiger partial charge in [-0.05, 0) is 24.3 Å². The Kier molecular flexibility index (Phi) is 8.37. The van der Waals surface area contributed by atoms with Crippen LogP contribution in [0.3, 0.4) is 0 Å². The normalized spacial score (nSPS) is 9.90. The summed E-state index contributed by atoms with van der Waals surface area (Å²) in [6.07, 6.45) is -1.72. The number of hydrogen-bond acceptors (Lipinski definition) is 6. The Labute approximate surface area is 113 Å². The van der Waals surface area contributed by atoms with Crippen molar-refractivity contribution in [2.24, 2.45) is 0 Å². The molecule has 0 spiro atoms. The van der Waals surface area contributed by atoms with E-state index in [1.165, 1.54) is 24.3 Å². The summed E-state index contributed by atoms with van der Waals surface area (Å²) in [4.78, 5) is 36.1. The van der Waals surface area contributed by atoms with Crippen molar-refractivity contribution in [1.29, 1.82) is 0 Å². The molecule has 0 bridgehead atoms. The van der Waals surface area contributed by atoms with Gasteiger partial charge in [-0.25, -0.2) is 9.59 Å². The Morgan fingerprint density at radius 3 is 1.85 bits per heavy atom. The SMILES string of the molecule is O=C(O)c1ccc(C(=O)OCC(O)O)cc1.O=[PH](O)O. The number of rotatable bonds is 4. The second-order valence-electron chi connectivity index (χ2n) is 3.24. The molecule has 1 aromatic carbocycles. The minimum Gasteiger partial charge on any atom is -0.478 e. The molecule has 0 radical (unpaired) electrons. The maximum Gasteiger partial charge on any atom is 0.338 e. The monoisotopic (exact) mass is 308 g/mol. The van der Waals surface area contributed by atoms with Gasteiger partial charge in [-0.15, -0.1) is 0 Å². The zero-order valence-corrected chi connectivity index (χ0v) is 11.0. The van der Waals surface area contributed by atoms with Gasteiger partial charge in [-0.3, -0.25) is 4.57 Å². The van der Waals surface area contributed by atoms with Crippen LogP contribution in [0.5, 0.6) is 0 Å².